The summed E-state index contributed by atoms with van der Waals surface area (Å²) in [6.45, 7) is 5.91. The largest absolute Gasteiger partial charge is 0.198 e. The van der Waals surface area contributed by atoms with E-state index in [1.54, 1.807) is 0 Å². The van der Waals surface area contributed by atoms with Gasteiger partial charge in [0.1, 0.15) is 0 Å². The zero-order valence-electron chi connectivity index (χ0n) is 10.9. The fraction of sp³-hybridized carbons (Fsp3) is 0.800. The first kappa shape index (κ1) is 15.2. The Hall–Kier alpha value is -0.770. The summed E-state index contributed by atoms with van der Waals surface area (Å²) in [6, 6.07) is 2.43. The minimum atomic E-state index is 0.313. The van der Waals surface area contributed by atoms with Gasteiger partial charge in [0.05, 0.1) is 6.07 Å². The smallest absolute Gasteiger partial charge is 0.0655 e. The Balaban J connectivity index is 3.28. The van der Waals surface area contributed by atoms with E-state index in [4.69, 9.17) is 5.26 Å². The second kappa shape index (κ2) is 12.3. The Morgan fingerprint density at radius 2 is 1.69 bits per heavy atom. The summed E-state index contributed by atoms with van der Waals surface area (Å²) in [4.78, 5) is 0. The van der Waals surface area contributed by atoms with Crippen LogP contribution in [0.4, 0.5) is 0 Å². The highest BCUT2D eigenvalue weighted by atomic mass is 14.3. The molecular weight excluding hydrogens is 194 g/mol. The molecule has 1 nitrogen and oxygen atoms in total. The first-order valence-corrected chi connectivity index (χ1v) is 6.85. The molecule has 0 saturated heterocycles. The molecule has 0 fully saturated rings. The third kappa shape index (κ3) is 9.77. The molecule has 1 heteroatoms. The van der Waals surface area contributed by atoms with Gasteiger partial charge in [0.25, 0.3) is 0 Å². The van der Waals surface area contributed by atoms with E-state index in [2.05, 4.69) is 19.6 Å². The molecule has 0 heterocycles. The molecule has 0 aliphatic rings. The zero-order valence-corrected chi connectivity index (χ0v) is 10.9. The van der Waals surface area contributed by atoms with Crippen LogP contribution in [0.5, 0.6) is 0 Å². The number of unbranched alkanes of at least 4 members (excludes halogenated alkanes) is 6. The summed E-state index contributed by atoms with van der Waals surface area (Å²) in [5, 5.41) is 8.96. The molecule has 1 unspecified atom stereocenters. The van der Waals surface area contributed by atoms with Crippen LogP contribution in [0.2, 0.25) is 0 Å². The van der Waals surface area contributed by atoms with Crippen molar-refractivity contribution in [2.24, 2.45) is 5.92 Å². The maximum atomic E-state index is 8.96. The predicted octanol–water partition coefficient (Wildman–Crippen LogP) is 5.23. The van der Waals surface area contributed by atoms with Crippen LogP contribution >= 0.6 is 0 Å². The van der Waals surface area contributed by atoms with Crippen LogP contribution in [0.3, 0.4) is 0 Å². The molecule has 0 saturated carbocycles. The fourth-order valence-corrected chi connectivity index (χ4v) is 1.93. The summed E-state index contributed by atoms with van der Waals surface area (Å²) < 4.78 is 0. The van der Waals surface area contributed by atoms with Crippen molar-refractivity contribution >= 4 is 0 Å². The van der Waals surface area contributed by atoms with E-state index in [-0.39, 0.29) is 0 Å². The molecule has 0 aliphatic carbocycles. The van der Waals surface area contributed by atoms with Gasteiger partial charge in [-0.1, -0.05) is 51.5 Å². The minimum absolute atomic E-state index is 0.313. The van der Waals surface area contributed by atoms with E-state index in [1.807, 2.05) is 6.08 Å². The van der Waals surface area contributed by atoms with Crippen LogP contribution < -0.4 is 0 Å². The maximum Gasteiger partial charge on any atom is 0.0655 e. The lowest BCUT2D eigenvalue weighted by atomic mass is 9.96. The van der Waals surface area contributed by atoms with E-state index < -0.39 is 0 Å². The van der Waals surface area contributed by atoms with Crippen LogP contribution in [0.25, 0.3) is 0 Å². The average Bonchev–Trinajstić information content (AvgIpc) is 2.32. The summed E-state index contributed by atoms with van der Waals surface area (Å²) in [5.74, 6) is 0.313. The molecule has 16 heavy (non-hydrogen) atoms. The quantitative estimate of drug-likeness (QED) is 0.346. The Labute approximate surface area is 102 Å². The standard InChI is InChI=1S/C15H27N/c1-3-5-7-8-9-10-11-13-15(14-16)12-6-4-2/h3,15H,1,4-13H2,2H3. The second-order valence-corrected chi connectivity index (χ2v) is 4.60. The SMILES string of the molecule is C=CCCCCCCCC(C#N)CCCC. The Kier molecular flexibility index (Phi) is 11.7. The van der Waals surface area contributed by atoms with Gasteiger partial charge in [-0.2, -0.15) is 5.26 Å². The van der Waals surface area contributed by atoms with E-state index in [9.17, 15) is 0 Å². The van der Waals surface area contributed by atoms with Crippen molar-refractivity contribution in [2.45, 2.75) is 71.1 Å². The first-order valence-electron chi connectivity index (χ1n) is 6.85. The third-order valence-corrected chi connectivity index (χ3v) is 3.05. The monoisotopic (exact) mass is 221 g/mol. The summed E-state index contributed by atoms with van der Waals surface area (Å²) in [6.07, 6.45) is 14.2. The summed E-state index contributed by atoms with van der Waals surface area (Å²) >= 11 is 0. The molecule has 1 atom stereocenters. The molecule has 0 aromatic rings. The van der Waals surface area contributed by atoms with E-state index in [1.165, 1.54) is 44.9 Å². The zero-order chi connectivity index (χ0) is 12.1. The molecule has 0 radical (unpaired) electrons. The van der Waals surface area contributed by atoms with E-state index in [0.717, 1.165) is 19.3 Å². The van der Waals surface area contributed by atoms with Gasteiger partial charge in [-0.25, -0.2) is 0 Å². The van der Waals surface area contributed by atoms with Crippen molar-refractivity contribution in [3.05, 3.63) is 12.7 Å². The maximum absolute atomic E-state index is 8.96. The molecule has 0 amide bonds. The van der Waals surface area contributed by atoms with Crippen molar-refractivity contribution in [2.75, 3.05) is 0 Å². The molecule has 0 N–H and O–H groups in total. The van der Waals surface area contributed by atoms with Gasteiger partial charge in [-0.3, -0.25) is 0 Å². The van der Waals surface area contributed by atoms with Crippen molar-refractivity contribution < 1.29 is 0 Å². The lowest BCUT2D eigenvalue weighted by molar-refractivity contribution is 0.487. The Morgan fingerprint density at radius 1 is 1.06 bits per heavy atom. The van der Waals surface area contributed by atoms with Gasteiger partial charge in [0, 0.05) is 5.92 Å². The fourth-order valence-electron chi connectivity index (χ4n) is 1.93. The van der Waals surface area contributed by atoms with Crippen molar-refractivity contribution in [1.29, 1.82) is 5.26 Å². The van der Waals surface area contributed by atoms with Gasteiger partial charge in [0.2, 0.25) is 0 Å². The highest BCUT2D eigenvalue weighted by Crippen LogP contribution is 2.16. The molecule has 0 aliphatic heterocycles. The number of hydrogen-bond acceptors (Lipinski definition) is 1. The van der Waals surface area contributed by atoms with Gasteiger partial charge < -0.3 is 0 Å². The number of allylic oxidation sites excluding steroid dienone is 1. The van der Waals surface area contributed by atoms with Crippen molar-refractivity contribution in [3.8, 4) is 6.07 Å². The third-order valence-electron chi connectivity index (χ3n) is 3.05. The summed E-state index contributed by atoms with van der Waals surface area (Å²) in [7, 11) is 0. The normalized spacial score (nSPS) is 12.0. The topological polar surface area (TPSA) is 23.8 Å². The van der Waals surface area contributed by atoms with Gasteiger partial charge >= 0.3 is 0 Å². The first-order chi connectivity index (χ1) is 7.85. The van der Waals surface area contributed by atoms with Gasteiger partial charge in [0.15, 0.2) is 0 Å². The highest BCUT2D eigenvalue weighted by Gasteiger charge is 2.05. The molecule has 0 aromatic heterocycles. The molecular formula is C15H27N. The van der Waals surface area contributed by atoms with Crippen LogP contribution in [0.15, 0.2) is 12.7 Å². The number of rotatable bonds is 11. The van der Waals surface area contributed by atoms with E-state index in [0.29, 0.717) is 5.92 Å². The Morgan fingerprint density at radius 3 is 2.31 bits per heavy atom. The molecule has 92 valence electrons. The minimum Gasteiger partial charge on any atom is -0.198 e. The average molecular weight is 221 g/mol. The number of nitrogens with zero attached hydrogens (tertiary/aromatic N) is 1. The molecule has 0 spiro atoms. The number of nitriles is 1. The van der Waals surface area contributed by atoms with Crippen LogP contribution in [0.1, 0.15) is 71.1 Å². The van der Waals surface area contributed by atoms with Crippen LogP contribution in [-0.2, 0) is 0 Å². The van der Waals surface area contributed by atoms with Gasteiger partial charge in [-0.05, 0) is 25.7 Å². The molecule has 0 rings (SSSR count). The second-order valence-electron chi connectivity index (χ2n) is 4.60. The highest BCUT2D eigenvalue weighted by molar-refractivity contribution is 4.82. The lowest BCUT2D eigenvalue weighted by Crippen LogP contribution is -1.96. The van der Waals surface area contributed by atoms with Gasteiger partial charge in [-0.15, -0.1) is 6.58 Å². The molecule has 0 bridgehead atoms. The van der Waals surface area contributed by atoms with Crippen LogP contribution in [-0.4, -0.2) is 0 Å². The van der Waals surface area contributed by atoms with E-state index >= 15 is 0 Å². The number of hydrogen-bond donors (Lipinski definition) is 0. The summed E-state index contributed by atoms with van der Waals surface area (Å²) in [5.41, 5.74) is 0. The van der Waals surface area contributed by atoms with Crippen molar-refractivity contribution in [3.63, 3.8) is 0 Å². The Bertz CT molecular complexity index is 190. The van der Waals surface area contributed by atoms with Crippen molar-refractivity contribution in [1.82, 2.24) is 0 Å². The molecule has 0 aromatic carbocycles. The lowest BCUT2D eigenvalue weighted by Gasteiger charge is -2.07. The predicted molar refractivity (Wildman–Crippen MR) is 71.1 cm³/mol. The van der Waals surface area contributed by atoms with Crippen LogP contribution in [0, 0.1) is 17.2 Å².